The summed E-state index contributed by atoms with van der Waals surface area (Å²) in [6, 6.07) is 24.2. The van der Waals surface area contributed by atoms with Gasteiger partial charge in [0.2, 0.25) is 0 Å². The van der Waals surface area contributed by atoms with E-state index >= 15 is 0 Å². The molecule has 0 radical (unpaired) electrons. The molecule has 1 aliphatic heterocycles. The molecule has 0 spiro atoms. The van der Waals surface area contributed by atoms with Gasteiger partial charge in [0, 0.05) is 43.8 Å². The van der Waals surface area contributed by atoms with Gasteiger partial charge in [0.15, 0.2) is 0 Å². The Morgan fingerprint density at radius 2 is 1.75 bits per heavy atom. The van der Waals surface area contributed by atoms with E-state index in [0.717, 1.165) is 30.2 Å². The van der Waals surface area contributed by atoms with Gasteiger partial charge in [-0.25, -0.2) is 4.98 Å². The van der Waals surface area contributed by atoms with Crippen LogP contribution in [0.2, 0.25) is 0 Å². The molecule has 1 amide bonds. The Morgan fingerprint density at radius 3 is 2.43 bits per heavy atom. The van der Waals surface area contributed by atoms with Crippen molar-refractivity contribution in [1.82, 2.24) is 9.88 Å². The van der Waals surface area contributed by atoms with Crippen LogP contribution in [0.25, 0.3) is 0 Å². The van der Waals surface area contributed by atoms with Crippen LogP contribution in [0, 0.1) is 0 Å². The smallest absolute Gasteiger partial charge is 0.255 e. The number of carbonyl (C=O) groups excluding carboxylic acids is 1. The zero-order valence-electron chi connectivity index (χ0n) is 16.0. The van der Waals surface area contributed by atoms with Gasteiger partial charge in [0.25, 0.3) is 5.91 Å². The number of likely N-dealkylation sites (tertiary alicyclic amines) is 1. The van der Waals surface area contributed by atoms with E-state index in [1.54, 1.807) is 6.20 Å². The predicted octanol–water partition coefficient (Wildman–Crippen LogP) is 4.18. The summed E-state index contributed by atoms with van der Waals surface area (Å²) in [5.74, 6) is 0.853. The van der Waals surface area contributed by atoms with Crippen molar-refractivity contribution in [2.24, 2.45) is 0 Å². The van der Waals surface area contributed by atoms with E-state index in [-0.39, 0.29) is 11.9 Å². The molecule has 0 bridgehead atoms. The van der Waals surface area contributed by atoms with Gasteiger partial charge in [-0.05, 0) is 42.8 Å². The molecule has 1 atom stereocenters. The molecule has 4 rings (SSSR count). The van der Waals surface area contributed by atoms with E-state index in [2.05, 4.69) is 22.4 Å². The van der Waals surface area contributed by atoms with E-state index in [4.69, 9.17) is 0 Å². The minimum Gasteiger partial charge on any atom is -0.380 e. The predicted molar refractivity (Wildman–Crippen MR) is 113 cm³/mol. The van der Waals surface area contributed by atoms with E-state index < -0.39 is 0 Å². The molecule has 1 saturated heterocycles. The number of para-hydroxylation sites is 2. The van der Waals surface area contributed by atoms with Crippen LogP contribution in [-0.4, -0.2) is 42.0 Å². The summed E-state index contributed by atoms with van der Waals surface area (Å²) in [6.07, 6.45) is 2.62. The second-order valence-corrected chi connectivity index (χ2v) is 7.05. The topological polar surface area (TPSA) is 48.5 Å². The standard InChI is InChI=1S/C23H24N4O/c1-26(21-10-6-3-7-11-21)22-13-12-18(16-24-22)23(28)27-15-14-20(17-27)25-19-8-4-2-5-9-19/h2-13,16,20,25H,14-15,17H2,1H3. The first-order valence-corrected chi connectivity index (χ1v) is 9.56. The quantitative estimate of drug-likeness (QED) is 0.730. The van der Waals surface area contributed by atoms with Crippen molar-refractivity contribution >= 4 is 23.1 Å². The number of hydrogen-bond donors (Lipinski definition) is 1. The summed E-state index contributed by atoms with van der Waals surface area (Å²) in [5.41, 5.74) is 2.78. The Hall–Kier alpha value is -3.34. The lowest BCUT2D eigenvalue weighted by Crippen LogP contribution is -2.31. The molecule has 0 saturated carbocycles. The monoisotopic (exact) mass is 372 g/mol. The molecular formula is C23H24N4O. The summed E-state index contributed by atoms with van der Waals surface area (Å²) >= 11 is 0. The van der Waals surface area contributed by atoms with Crippen LogP contribution >= 0.6 is 0 Å². The molecule has 142 valence electrons. The fourth-order valence-electron chi connectivity index (χ4n) is 3.51. The molecule has 1 aromatic heterocycles. The molecule has 1 fully saturated rings. The van der Waals surface area contributed by atoms with Crippen LogP contribution in [0.4, 0.5) is 17.2 Å². The van der Waals surface area contributed by atoms with Gasteiger partial charge in [0.1, 0.15) is 5.82 Å². The Kier molecular flexibility index (Phi) is 5.24. The Morgan fingerprint density at radius 1 is 1.04 bits per heavy atom. The van der Waals surface area contributed by atoms with Gasteiger partial charge in [0.05, 0.1) is 5.56 Å². The van der Waals surface area contributed by atoms with Crippen molar-refractivity contribution in [1.29, 1.82) is 0 Å². The van der Waals surface area contributed by atoms with E-state index in [0.29, 0.717) is 12.1 Å². The first-order valence-electron chi connectivity index (χ1n) is 9.56. The van der Waals surface area contributed by atoms with Crippen LogP contribution < -0.4 is 10.2 Å². The number of nitrogens with zero attached hydrogens (tertiary/aromatic N) is 3. The lowest BCUT2D eigenvalue weighted by molar-refractivity contribution is 0.0791. The lowest BCUT2D eigenvalue weighted by Gasteiger charge is -2.20. The maximum absolute atomic E-state index is 12.8. The lowest BCUT2D eigenvalue weighted by atomic mass is 10.2. The molecule has 28 heavy (non-hydrogen) atoms. The van der Waals surface area contributed by atoms with Crippen molar-refractivity contribution in [2.75, 3.05) is 30.4 Å². The Bertz CT molecular complexity index is 912. The maximum Gasteiger partial charge on any atom is 0.255 e. The van der Waals surface area contributed by atoms with Gasteiger partial charge in [-0.2, -0.15) is 0 Å². The number of benzene rings is 2. The molecule has 1 unspecified atom stereocenters. The largest absolute Gasteiger partial charge is 0.380 e. The number of amides is 1. The highest BCUT2D eigenvalue weighted by molar-refractivity contribution is 5.94. The van der Waals surface area contributed by atoms with Crippen LogP contribution in [0.15, 0.2) is 79.0 Å². The highest BCUT2D eigenvalue weighted by Gasteiger charge is 2.27. The van der Waals surface area contributed by atoms with E-state index in [9.17, 15) is 4.79 Å². The van der Waals surface area contributed by atoms with Gasteiger partial charge in [-0.3, -0.25) is 4.79 Å². The van der Waals surface area contributed by atoms with Gasteiger partial charge >= 0.3 is 0 Å². The Balaban J connectivity index is 1.39. The first-order chi connectivity index (χ1) is 13.7. The van der Waals surface area contributed by atoms with Gasteiger partial charge in [-0.15, -0.1) is 0 Å². The third kappa shape index (κ3) is 3.98. The van der Waals surface area contributed by atoms with Crippen LogP contribution in [0.3, 0.4) is 0 Å². The van der Waals surface area contributed by atoms with Crippen LogP contribution in [-0.2, 0) is 0 Å². The minimum atomic E-state index is 0.0405. The number of pyridine rings is 1. The molecule has 0 aliphatic carbocycles. The molecular weight excluding hydrogens is 348 g/mol. The average Bonchev–Trinajstić information content (AvgIpc) is 3.22. The summed E-state index contributed by atoms with van der Waals surface area (Å²) < 4.78 is 0. The second-order valence-electron chi connectivity index (χ2n) is 7.05. The highest BCUT2D eigenvalue weighted by Crippen LogP contribution is 2.22. The fourth-order valence-corrected chi connectivity index (χ4v) is 3.51. The van der Waals surface area contributed by atoms with Crippen molar-refractivity contribution < 1.29 is 4.79 Å². The zero-order chi connectivity index (χ0) is 19.3. The van der Waals surface area contributed by atoms with Gasteiger partial charge < -0.3 is 15.1 Å². The number of aromatic nitrogens is 1. The molecule has 3 aromatic rings. The van der Waals surface area contributed by atoms with Crippen molar-refractivity contribution in [2.45, 2.75) is 12.5 Å². The summed E-state index contributed by atoms with van der Waals surface area (Å²) in [6.45, 7) is 1.47. The zero-order valence-corrected chi connectivity index (χ0v) is 16.0. The van der Waals surface area contributed by atoms with Crippen molar-refractivity contribution in [3.63, 3.8) is 0 Å². The summed E-state index contributed by atoms with van der Waals surface area (Å²) in [4.78, 5) is 21.2. The molecule has 5 nitrogen and oxygen atoms in total. The van der Waals surface area contributed by atoms with E-state index in [1.165, 1.54) is 0 Å². The van der Waals surface area contributed by atoms with Crippen molar-refractivity contribution in [3.05, 3.63) is 84.6 Å². The van der Waals surface area contributed by atoms with Crippen LogP contribution in [0.1, 0.15) is 16.8 Å². The summed E-state index contributed by atoms with van der Waals surface area (Å²) in [5, 5.41) is 3.50. The van der Waals surface area contributed by atoms with Crippen LogP contribution in [0.5, 0.6) is 0 Å². The molecule has 2 aromatic carbocycles. The molecule has 1 aliphatic rings. The fraction of sp³-hybridized carbons (Fsp3) is 0.217. The normalized spacial score (nSPS) is 16.0. The van der Waals surface area contributed by atoms with Gasteiger partial charge in [-0.1, -0.05) is 36.4 Å². The Labute approximate surface area is 165 Å². The highest BCUT2D eigenvalue weighted by atomic mass is 16.2. The number of anilines is 3. The molecule has 1 N–H and O–H groups in total. The number of carbonyl (C=O) groups is 1. The van der Waals surface area contributed by atoms with E-state index in [1.807, 2.05) is 77.5 Å². The maximum atomic E-state index is 12.8. The number of rotatable bonds is 5. The minimum absolute atomic E-state index is 0.0405. The molecule has 5 heteroatoms. The average molecular weight is 372 g/mol. The third-order valence-electron chi connectivity index (χ3n) is 5.10. The molecule has 2 heterocycles. The van der Waals surface area contributed by atoms with Crippen molar-refractivity contribution in [3.8, 4) is 0 Å². The first kappa shape index (κ1) is 18.0. The third-order valence-corrected chi connectivity index (χ3v) is 5.10. The second kappa shape index (κ2) is 8.13. The number of hydrogen-bond acceptors (Lipinski definition) is 4. The SMILES string of the molecule is CN(c1ccccc1)c1ccc(C(=O)N2CCC(Nc3ccccc3)C2)cn1. The number of nitrogens with one attached hydrogen (secondary N) is 1. The summed E-state index contributed by atoms with van der Waals surface area (Å²) in [7, 11) is 1.97.